The maximum absolute atomic E-state index is 13.4. The van der Waals surface area contributed by atoms with Crippen LogP contribution >= 0.6 is 0 Å². The highest BCUT2D eigenvalue weighted by Crippen LogP contribution is 2.35. The minimum absolute atomic E-state index is 0.0670. The van der Waals surface area contributed by atoms with Crippen molar-refractivity contribution in [3.63, 3.8) is 0 Å². The molecule has 0 unspecified atom stereocenters. The Balaban J connectivity index is 1.63. The molecule has 1 amide bonds. The van der Waals surface area contributed by atoms with Gasteiger partial charge in [-0.2, -0.15) is 0 Å². The standard InChI is InChI=1S/C27H37N3O5/c1-5-30(19-9-11-34-12-10-19)24-15-21(35-20-7-6-8-20)14-22(18(24)3)26(31)28-16-23-25(33-4)13-17(2)29-27(23)32/h13-15,19-20H,5-12,16H2,1-4H3,(H,28,31)(H,29,32). The number of anilines is 1. The van der Waals surface area contributed by atoms with Gasteiger partial charge < -0.3 is 29.4 Å². The van der Waals surface area contributed by atoms with Crippen molar-refractivity contribution in [2.45, 2.75) is 71.6 Å². The number of hydrogen-bond acceptors (Lipinski definition) is 6. The molecule has 2 N–H and O–H groups in total. The van der Waals surface area contributed by atoms with Crippen molar-refractivity contribution in [2.24, 2.45) is 0 Å². The third-order valence-electron chi connectivity index (χ3n) is 7.11. The van der Waals surface area contributed by atoms with Crippen molar-refractivity contribution in [1.82, 2.24) is 10.3 Å². The highest BCUT2D eigenvalue weighted by Gasteiger charge is 2.26. The fraction of sp³-hybridized carbons (Fsp3) is 0.556. The molecule has 0 bridgehead atoms. The third kappa shape index (κ3) is 5.64. The zero-order valence-corrected chi connectivity index (χ0v) is 21.2. The number of carbonyl (C=O) groups is 1. The van der Waals surface area contributed by atoms with Crippen LogP contribution in [0.5, 0.6) is 11.5 Å². The molecule has 0 radical (unpaired) electrons. The van der Waals surface area contributed by atoms with E-state index in [1.54, 1.807) is 13.0 Å². The second kappa shape index (κ2) is 11.2. The van der Waals surface area contributed by atoms with Crippen LogP contribution in [-0.4, -0.2) is 49.9 Å². The summed E-state index contributed by atoms with van der Waals surface area (Å²) in [6.07, 6.45) is 5.37. The number of rotatable bonds is 9. The number of ether oxygens (including phenoxy) is 3. The Labute approximate surface area is 207 Å². The first kappa shape index (κ1) is 25.1. The summed E-state index contributed by atoms with van der Waals surface area (Å²) in [7, 11) is 1.52. The Bertz CT molecular complexity index is 1100. The van der Waals surface area contributed by atoms with Crippen molar-refractivity contribution in [1.29, 1.82) is 0 Å². The summed E-state index contributed by atoms with van der Waals surface area (Å²) in [6.45, 7) is 8.32. The predicted molar refractivity (Wildman–Crippen MR) is 136 cm³/mol. The Kier molecular flexibility index (Phi) is 8.00. The van der Waals surface area contributed by atoms with E-state index in [4.69, 9.17) is 14.2 Å². The average molecular weight is 484 g/mol. The number of H-pyrrole nitrogens is 1. The Hall–Kier alpha value is -3.00. The number of pyridine rings is 1. The topological polar surface area (TPSA) is 92.9 Å². The van der Waals surface area contributed by atoms with E-state index in [1.165, 1.54) is 13.5 Å². The molecule has 1 aromatic heterocycles. The lowest BCUT2D eigenvalue weighted by molar-refractivity contribution is 0.0845. The van der Waals surface area contributed by atoms with Gasteiger partial charge in [0.2, 0.25) is 0 Å². The fourth-order valence-corrected chi connectivity index (χ4v) is 4.88. The molecule has 2 aromatic rings. The monoisotopic (exact) mass is 483 g/mol. The normalized spacial score (nSPS) is 16.5. The maximum atomic E-state index is 13.4. The zero-order valence-electron chi connectivity index (χ0n) is 21.2. The largest absolute Gasteiger partial charge is 0.496 e. The molecular weight excluding hydrogens is 446 g/mol. The van der Waals surface area contributed by atoms with E-state index in [2.05, 4.69) is 28.2 Å². The molecular formula is C27H37N3O5. The van der Waals surface area contributed by atoms with Crippen molar-refractivity contribution >= 4 is 11.6 Å². The molecule has 2 heterocycles. The molecule has 8 heteroatoms. The first-order valence-corrected chi connectivity index (χ1v) is 12.6. The molecule has 1 aliphatic heterocycles. The van der Waals surface area contributed by atoms with Gasteiger partial charge in [-0.1, -0.05) is 0 Å². The maximum Gasteiger partial charge on any atom is 0.256 e. The summed E-state index contributed by atoms with van der Waals surface area (Å²) < 4.78 is 17.2. The molecule has 190 valence electrons. The van der Waals surface area contributed by atoms with Gasteiger partial charge in [0.1, 0.15) is 11.5 Å². The van der Waals surface area contributed by atoms with Gasteiger partial charge in [0.25, 0.3) is 11.5 Å². The number of nitrogens with one attached hydrogen (secondary N) is 2. The van der Waals surface area contributed by atoms with Crippen molar-refractivity contribution in [3.05, 3.63) is 50.9 Å². The van der Waals surface area contributed by atoms with Crippen LogP contribution in [0.4, 0.5) is 5.69 Å². The molecule has 0 spiro atoms. The number of carbonyl (C=O) groups excluding carboxylic acids is 1. The van der Waals surface area contributed by atoms with Crippen LogP contribution in [0.2, 0.25) is 0 Å². The minimum atomic E-state index is -0.265. The van der Waals surface area contributed by atoms with Gasteiger partial charge in [-0.15, -0.1) is 0 Å². The molecule has 35 heavy (non-hydrogen) atoms. The molecule has 1 aromatic carbocycles. The van der Waals surface area contributed by atoms with Gasteiger partial charge in [0, 0.05) is 48.8 Å². The number of aromatic amines is 1. The molecule has 2 aliphatic rings. The van der Waals surface area contributed by atoms with Gasteiger partial charge in [0.15, 0.2) is 0 Å². The number of aromatic nitrogens is 1. The summed E-state index contributed by atoms with van der Waals surface area (Å²) in [4.78, 5) is 31.1. The van der Waals surface area contributed by atoms with Gasteiger partial charge in [-0.3, -0.25) is 9.59 Å². The number of methoxy groups -OCH3 is 1. The van der Waals surface area contributed by atoms with Crippen LogP contribution < -0.4 is 25.2 Å². The first-order valence-electron chi connectivity index (χ1n) is 12.6. The molecule has 2 fully saturated rings. The summed E-state index contributed by atoms with van der Waals surface area (Å²) in [5.74, 6) is 0.937. The SMILES string of the molecule is CCN(c1cc(OC2CCC2)cc(C(=O)NCc2c(OC)cc(C)[nH]c2=O)c1C)C1CCOCC1. The third-order valence-corrected chi connectivity index (χ3v) is 7.11. The quantitative estimate of drug-likeness (QED) is 0.563. The lowest BCUT2D eigenvalue weighted by Gasteiger charge is -2.37. The molecule has 1 saturated heterocycles. The predicted octanol–water partition coefficient (Wildman–Crippen LogP) is 3.87. The minimum Gasteiger partial charge on any atom is -0.496 e. The van der Waals surface area contributed by atoms with E-state index in [0.717, 1.165) is 62.4 Å². The van der Waals surface area contributed by atoms with E-state index >= 15 is 0 Å². The molecule has 0 atom stereocenters. The van der Waals surface area contributed by atoms with Gasteiger partial charge >= 0.3 is 0 Å². The number of nitrogens with zero attached hydrogens (tertiary/aromatic N) is 1. The lowest BCUT2D eigenvalue weighted by Crippen LogP contribution is -2.40. The molecule has 4 rings (SSSR count). The molecule has 1 saturated carbocycles. The van der Waals surface area contributed by atoms with E-state index < -0.39 is 0 Å². The van der Waals surface area contributed by atoms with Gasteiger partial charge in [-0.05, 0) is 70.6 Å². The Morgan fingerprint density at radius 3 is 2.54 bits per heavy atom. The van der Waals surface area contributed by atoms with Crippen LogP contribution in [0, 0.1) is 13.8 Å². The van der Waals surface area contributed by atoms with Crippen LogP contribution in [0.1, 0.15) is 66.2 Å². The highest BCUT2D eigenvalue weighted by molar-refractivity contribution is 5.97. The summed E-state index contributed by atoms with van der Waals surface area (Å²) in [5.41, 5.74) is 3.32. The van der Waals surface area contributed by atoms with Crippen LogP contribution in [0.3, 0.4) is 0 Å². The second-order valence-electron chi connectivity index (χ2n) is 9.43. The van der Waals surface area contributed by atoms with Crippen LogP contribution in [0.15, 0.2) is 23.0 Å². The fourth-order valence-electron chi connectivity index (χ4n) is 4.88. The van der Waals surface area contributed by atoms with E-state index in [0.29, 0.717) is 28.6 Å². The summed E-state index contributed by atoms with van der Waals surface area (Å²) in [5, 5.41) is 2.93. The van der Waals surface area contributed by atoms with Crippen molar-refractivity contribution in [2.75, 3.05) is 31.8 Å². The summed E-state index contributed by atoms with van der Waals surface area (Å²) >= 11 is 0. The number of aryl methyl sites for hydroxylation is 1. The number of benzene rings is 1. The lowest BCUT2D eigenvalue weighted by atomic mass is 9.96. The Morgan fingerprint density at radius 1 is 1.17 bits per heavy atom. The first-order chi connectivity index (χ1) is 16.9. The van der Waals surface area contributed by atoms with E-state index in [-0.39, 0.29) is 24.1 Å². The second-order valence-corrected chi connectivity index (χ2v) is 9.43. The average Bonchev–Trinajstić information content (AvgIpc) is 2.82. The zero-order chi connectivity index (χ0) is 24.9. The number of hydrogen-bond donors (Lipinski definition) is 2. The summed E-state index contributed by atoms with van der Waals surface area (Å²) in [6, 6.07) is 6.03. The molecule has 8 nitrogen and oxygen atoms in total. The molecule has 1 aliphatic carbocycles. The number of amides is 1. The Morgan fingerprint density at radius 2 is 1.91 bits per heavy atom. The van der Waals surface area contributed by atoms with E-state index in [9.17, 15) is 9.59 Å². The van der Waals surface area contributed by atoms with Crippen LogP contribution in [-0.2, 0) is 11.3 Å². The van der Waals surface area contributed by atoms with Crippen molar-refractivity contribution < 1.29 is 19.0 Å². The van der Waals surface area contributed by atoms with Gasteiger partial charge in [-0.25, -0.2) is 0 Å². The van der Waals surface area contributed by atoms with Gasteiger partial charge in [0.05, 0.1) is 25.3 Å². The van der Waals surface area contributed by atoms with E-state index in [1.807, 2.05) is 13.0 Å². The smallest absolute Gasteiger partial charge is 0.256 e. The van der Waals surface area contributed by atoms with Crippen LogP contribution in [0.25, 0.3) is 0 Å². The van der Waals surface area contributed by atoms with Crippen molar-refractivity contribution in [3.8, 4) is 11.5 Å². The highest BCUT2D eigenvalue weighted by atomic mass is 16.5.